The molecule has 154 valence electrons. The molecule has 0 spiro atoms. The standard InChI is InChI=1S/C23H24N4O3/c1-2-27-13-20(21(26-27)22(24)28)25-23(29)18-8-3-5-15(11-18)14-30-19-10-9-16-6-4-7-17(16)12-19/h3,5,8-13H,2,4,6-7,14H2,1H3,(H2,24,28)(H,25,29). The molecule has 2 amide bonds. The lowest BCUT2D eigenvalue weighted by molar-refractivity contribution is 0.0995. The first kappa shape index (κ1) is 19.7. The van der Waals surface area contributed by atoms with E-state index in [0.717, 1.165) is 24.2 Å². The minimum Gasteiger partial charge on any atom is -0.489 e. The molecule has 30 heavy (non-hydrogen) atoms. The number of aryl methyl sites for hydroxylation is 3. The lowest BCUT2D eigenvalue weighted by atomic mass is 10.1. The van der Waals surface area contributed by atoms with Crippen molar-refractivity contribution in [2.24, 2.45) is 5.73 Å². The van der Waals surface area contributed by atoms with Crippen molar-refractivity contribution in [2.75, 3.05) is 5.32 Å². The van der Waals surface area contributed by atoms with E-state index < -0.39 is 5.91 Å². The molecular weight excluding hydrogens is 380 g/mol. The molecule has 1 aliphatic carbocycles. The van der Waals surface area contributed by atoms with Gasteiger partial charge in [0.25, 0.3) is 11.8 Å². The van der Waals surface area contributed by atoms with Gasteiger partial charge in [-0.1, -0.05) is 18.2 Å². The van der Waals surface area contributed by atoms with Crippen LogP contribution in [-0.2, 0) is 26.0 Å². The van der Waals surface area contributed by atoms with E-state index in [1.807, 2.05) is 19.1 Å². The molecule has 1 heterocycles. The minimum absolute atomic E-state index is 0.0429. The Morgan fingerprint density at radius 1 is 1.17 bits per heavy atom. The fourth-order valence-electron chi connectivity index (χ4n) is 3.66. The van der Waals surface area contributed by atoms with Crippen molar-refractivity contribution < 1.29 is 14.3 Å². The summed E-state index contributed by atoms with van der Waals surface area (Å²) >= 11 is 0. The van der Waals surface area contributed by atoms with Crippen LogP contribution >= 0.6 is 0 Å². The summed E-state index contributed by atoms with van der Waals surface area (Å²) in [5, 5.41) is 6.82. The first-order chi connectivity index (χ1) is 14.5. The fraction of sp³-hybridized carbons (Fsp3) is 0.261. The van der Waals surface area contributed by atoms with E-state index in [4.69, 9.17) is 10.5 Å². The van der Waals surface area contributed by atoms with Crippen molar-refractivity contribution in [3.8, 4) is 5.75 Å². The van der Waals surface area contributed by atoms with Gasteiger partial charge in [0, 0.05) is 18.3 Å². The van der Waals surface area contributed by atoms with Gasteiger partial charge in [-0.25, -0.2) is 0 Å². The van der Waals surface area contributed by atoms with Crippen molar-refractivity contribution in [1.29, 1.82) is 0 Å². The summed E-state index contributed by atoms with van der Waals surface area (Å²) in [5.41, 5.74) is 9.82. The van der Waals surface area contributed by atoms with Crippen LogP contribution in [-0.4, -0.2) is 21.6 Å². The van der Waals surface area contributed by atoms with Gasteiger partial charge in [0.2, 0.25) is 0 Å². The average Bonchev–Trinajstić information content (AvgIpc) is 3.38. The topological polar surface area (TPSA) is 99.2 Å². The van der Waals surface area contributed by atoms with Crippen LogP contribution in [0.1, 0.15) is 50.9 Å². The zero-order chi connectivity index (χ0) is 21.1. The molecule has 0 unspecified atom stereocenters. The normalized spacial score (nSPS) is 12.4. The van der Waals surface area contributed by atoms with Gasteiger partial charge in [-0.15, -0.1) is 0 Å². The highest BCUT2D eigenvalue weighted by atomic mass is 16.5. The van der Waals surface area contributed by atoms with Crippen LogP contribution in [0.5, 0.6) is 5.75 Å². The molecule has 0 saturated heterocycles. The van der Waals surface area contributed by atoms with Crippen molar-refractivity contribution in [3.63, 3.8) is 0 Å². The number of aromatic nitrogens is 2. The zero-order valence-electron chi connectivity index (χ0n) is 16.9. The quantitative estimate of drug-likeness (QED) is 0.631. The average molecular weight is 404 g/mol. The maximum absolute atomic E-state index is 12.7. The molecule has 7 heteroatoms. The summed E-state index contributed by atoms with van der Waals surface area (Å²) in [4.78, 5) is 24.3. The number of hydrogen-bond acceptors (Lipinski definition) is 4. The Kier molecular flexibility index (Phi) is 5.52. The number of carbonyl (C=O) groups excluding carboxylic acids is 2. The number of amides is 2. The molecular formula is C23H24N4O3. The molecule has 0 atom stereocenters. The number of benzene rings is 2. The monoisotopic (exact) mass is 404 g/mol. The Hall–Kier alpha value is -3.61. The summed E-state index contributed by atoms with van der Waals surface area (Å²) in [6, 6.07) is 13.4. The lowest BCUT2D eigenvalue weighted by Gasteiger charge is -2.10. The minimum atomic E-state index is -0.686. The second-order valence-corrected chi connectivity index (χ2v) is 7.34. The van der Waals surface area contributed by atoms with Crippen LogP contribution in [0.15, 0.2) is 48.7 Å². The summed E-state index contributed by atoms with van der Waals surface area (Å²) in [7, 11) is 0. The number of carbonyl (C=O) groups is 2. The Morgan fingerprint density at radius 2 is 2.00 bits per heavy atom. The Morgan fingerprint density at radius 3 is 2.80 bits per heavy atom. The second-order valence-electron chi connectivity index (χ2n) is 7.34. The third kappa shape index (κ3) is 4.20. The van der Waals surface area contributed by atoms with Crippen molar-refractivity contribution >= 4 is 17.5 Å². The largest absolute Gasteiger partial charge is 0.489 e. The highest BCUT2D eigenvalue weighted by Crippen LogP contribution is 2.26. The number of nitrogens with zero attached hydrogens (tertiary/aromatic N) is 2. The van der Waals surface area contributed by atoms with Gasteiger partial charge < -0.3 is 15.8 Å². The molecule has 0 fully saturated rings. The van der Waals surface area contributed by atoms with Crippen molar-refractivity contribution in [3.05, 3.63) is 76.6 Å². The van der Waals surface area contributed by atoms with Crippen LogP contribution in [0.2, 0.25) is 0 Å². The maximum Gasteiger partial charge on any atom is 0.271 e. The zero-order valence-corrected chi connectivity index (χ0v) is 16.9. The predicted octanol–water partition coefficient (Wildman–Crippen LogP) is 3.32. The van der Waals surface area contributed by atoms with E-state index >= 15 is 0 Å². The van der Waals surface area contributed by atoms with Gasteiger partial charge in [-0.3, -0.25) is 14.3 Å². The van der Waals surface area contributed by atoms with Crippen LogP contribution in [0, 0.1) is 0 Å². The fourth-order valence-corrected chi connectivity index (χ4v) is 3.66. The van der Waals surface area contributed by atoms with Gasteiger partial charge in [-0.05, 0) is 67.1 Å². The Labute approximate surface area is 174 Å². The van der Waals surface area contributed by atoms with E-state index in [1.54, 1.807) is 29.1 Å². The van der Waals surface area contributed by atoms with Crippen LogP contribution in [0.4, 0.5) is 5.69 Å². The first-order valence-corrected chi connectivity index (χ1v) is 10.1. The Bertz CT molecular complexity index is 1100. The van der Waals surface area contributed by atoms with E-state index in [0.29, 0.717) is 24.4 Å². The second kappa shape index (κ2) is 8.41. The van der Waals surface area contributed by atoms with Gasteiger partial charge in [0.1, 0.15) is 12.4 Å². The number of primary amides is 1. The molecule has 0 saturated carbocycles. The van der Waals surface area contributed by atoms with Gasteiger partial charge in [0.05, 0.1) is 5.69 Å². The van der Waals surface area contributed by atoms with E-state index in [1.165, 1.54) is 17.5 Å². The van der Waals surface area contributed by atoms with Crippen LogP contribution in [0.25, 0.3) is 0 Å². The summed E-state index contributed by atoms with van der Waals surface area (Å²) < 4.78 is 7.48. The molecule has 2 aromatic carbocycles. The highest BCUT2D eigenvalue weighted by Gasteiger charge is 2.17. The number of ether oxygens (including phenoxy) is 1. The lowest BCUT2D eigenvalue weighted by Crippen LogP contribution is -2.18. The first-order valence-electron chi connectivity index (χ1n) is 10.1. The third-order valence-corrected chi connectivity index (χ3v) is 5.23. The van der Waals surface area contributed by atoms with Crippen molar-refractivity contribution in [1.82, 2.24) is 9.78 Å². The van der Waals surface area contributed by atoms with Crippen molar-refractivity contribution in [2.45, 2.75) is 39.3 Å². The van der Waals surface area contributed by atoms with E-state index in [-0.39, 0.29) is 11.6 Å². The van der Waals surface area contributed by atoms with Gasteiger partial charge in [0.15, 0.2) is 5.69 Å². The maximum atomic E-state index is 12.7. The van der Waals surface area contributed by atoms with Crippen LogP contribution in [0.3, 0.4) is 0 Å². The summed E-state index contributed by atoms with van der Waals surface area (Å²) in [5.74, 6) is -0.190. The third-order valence-electron chi connectivity index (χ3n) is 5.23. The Balaban J connectivity index is 1.45. The molecule has 3 aromatic rings. The number of anilines is 1. The molecule has 3 N–H and O–H groups in total. The predicted molar refractivity (Wildman–Crippen MR) is 114 cm³/mol. The molecule has 1 aromatic heterocycles. The van der Waals surface area contributed by atoms with Gasteiger partial charge in [-0.2, -0.15) is 5.10 Å². The molecule has 7 nitrogen and oxygen atoms in total. The number of hydrogen-bond donors (Lipinski definition) is 2. The summed E-state index contributed by atoms with van der Waals surface area (Å²) in [6.45, 7) is 2.81. The SMILES string of the molecule is CCn1cc(NC(=O)c2cccc(COc3ccc4c(c3)CCC4)c2)c(C(N)=O)n1. The molecule has 4 rings (SSSR count). The summed E-state index contributed by atoms with van der Waals surface area (Å²) in [6.07, 6.45) is 5.04. The van der Waals surface area contributed by atoms with Gasteiger partial charge >= 0.3 is 0 Å². The molecule has 1 aliphatic rings. The smallest absolute Gasteiger partial charge is 0.271 e. The van der Waals surface area contributed by atoms with E-state index in [9.17, 15) is 9.59 Å². The molecule has 0 aliphatic heterocycles. The number of rotatable bonds is 7. The molecule has 0 bridgehead atoms. The molecule has 0 radical (unpaired) electrons. The van der Waals surface area contributed by atoms with Crippen LogP contribution < -0.4 is 15.8 Å². The number of nitrogens with two attached hydrogens (primary N) is 1. The highest BCUT2D eigenvalue weighted by molar-refractivity contribution is 6.08. The number of nitrogens with one attached hydrogen (secondary N) is 1. The van der Waals surface area contributed by atoms with E-state index in [2.05, 4.69) is 22.5 Å². The number of fused-ring (bicyclic) bond motifs is 1.